The molecular weight excluding hydrogens is 362 g/mol. The summed E-state index contributed by atoms with van der Waals surface area (Å²) in [6.45, 7) is 7.79. The molecular formula is C20H31N3O3S. The van der Waals surface area contributed by atoms with E-state index in [4.69, 9.17) is 0 Å². The molecule has 6 nitrogen and oxygen atoms in total. The molecule has 7 heteroatoms. The summed E-state index contributed by atoms with van der Waals surface area (Å²) < 4.78 is 27.2. The van der Waals surface area contributed by atoms with Gasteiger partial charge < -0.3 is 5.32 Å². The molecule has 0 bridgehead atoms. The van der Waals surface area contributed by atoms with Gasteiger partial charge in [-0.2, -0.15) is 4.31 Å². The zero-order valence-electron chi connectivity index (χ0n) is 16.4. The van der Waals surface area contributed by atoms with E-state index in [1.165, 1.54) is 6.42 Å². The predicted octanol–water partition coefficient (Wildman–Crippen LogP) is 2.78. The molecule has 2 aliphatic rings. The summed E-state index contributed by atoms with van der Waals surface area (Å²) in [5, 5.41) is 2.87. The highest BCUT2D eigenvalue weighted by Gasteiger charge is 2.26. The van der Waals surface area contributed by atoms with Crippen LogP contribution >= 0.6 is 0 Å². The Morgan fingerprint density at radius 1 is 1.11 bits per heavy atom. The number of sulfonamides is 1. The number of likely N-dealkylation sites (tertiary alicyclic amines) is 1. The van der Waals surface area contributed by atoms with E-state index in [0.717, 1.165) is 32.4 Å². The molecule has 1 aromatic carbocycles. The van der Waals surface area contributed by atoms with Crippen LogP contribution in [0.4, 0.5) is 5.69 Å². The molecule has 0 saturated carbocycles. The highest BCUT2D eigenvalue weighted by Crippen LogP contribution is 2.23. The number of nitrogens with one attached hydrogen (secondary N) is 1. The number of carbonyl (C=O) groups is 1. The standard InChI is InChI=1S/C20H31N3O3S/c1-16-11-17(2)14-22(13-16)15-20(24)21-18-7-6-8-19(12-18)27(25,26)23-9-4-3-5-10-23/h6-8,12,16-17H,3-5,9-11,13-15H2,1-2H3,(H,21,24)/t16-,17+. The molecule has 3 rings (SSSR count). The third-order valence-corrected chi connectivity index (χ3v) is 7.28. The van der Waals surface area contributed by atoms with E-state index < -0.39 is 10.0 Å². The number of anilines is 1. The fraction of sp³-hybridized carbons (Fsp3) is 0.650. The summed E-state index contributed by atoms with van der Waals surface area (Å²) in [7, 11) is -3.49. The number of hydrogen-bond acceptors (Lipinski definition) is 4. The van der Waals surface area contributed by atoms with Gasteiger partial charge in [0.05, 0.1) is 11.4 Å². The van der Waals surface area contributed by atoms with Crippen molar-refractivity contribution in [1.82, 2.24) is 9.21 Å². The Bertz CT molecular complexity index is 749. The monoisotopic (exact) mass is 393 g/mol. The van der Waals surface area contributed by atoms with Crippen molar-refractivity contribution in [2.75, 3.05) is 38.0 Å². The van der Waals surface area contributed by atoms with Gasteiger partial charge in [-0.15, -0.1) is 0 Å². The Morgan fingerprint density at radius 2 is 1.78 bits per heavy atom. The van der Waals surface area contributed by atoms with Gasteiger partial charge in [0.25, 0.3) is 0 Å². The van der Waals surface area contributed by atoms with Gasteiger partial charge in [-0.25, -0.2) is 8.42 Å². The van der Waals surface area contributed by atoms with E-state index in [0.29, 0.717) is 37.2 Å². The van der Waals surface area contributed by atoms with Crippen molar-refractivity contribution < 1.29 is 13.2 Å². The van der Waals surface area contributed by atoms with Crippen LogP contribution < -0.4 is 5.32 Å². The Morgan fingerprint density at radius 3 is 2.44 bits per heavy atom. The molecule has 150 valence electrons. The second-order valence-electron chi connectivity index (χ2n) is 8.18. The maximum atomic E-state index is 12.8. The first-order valence-corrected chi connectivity index (χ1v) is 11.4. The van der Waals surface area contributed by atoms with Crippen LogP contribution in [0.5, 0.6) is 0 Å². The van der Waals surface area contributed by atoms with Crippen LogP contribution in [-0.2, 0) is 14.8 Å². The van der Waals surface area contributed by atoms with Crippen LogP contribution in [0.15, 0.2) is 29.2 Å². The largest absolute Gasteiger partial charge is 0.325 e. The molecule has 2 saturated heterocycles. The molecule has 2 fully saturated rings. The first-order chi connectivity index (χ1) is 12.8. The SMILES string of the molecule is C[C@@H]1C[C@H](C)CN(CC(=O)Nc2cccc(S(=O)(=O)N3CCCCC3)c2)C1. The Hall–Kier alpha value is -1.44. The van der Waals surface area contributed by atoms with Crippen molar-refractivity contribution in [1.29, 1.82) is 0 Å². The first kappa shape index (κ1) is 20.3. The summed E-state index contributed by atoms with van der Waals surface area (Å²) >= 11 is 0. The van der Waals surface area contributed by atoms with Gasteiger partial charge in [0, 0.05) is 31.9 Å². The minimum atomic E-state index is -3.49. The summed E-state index contributed by atoms with van der Waals surface area (Å²) in [6.07, 6.45) is 4.09. The minimum absolute atomic E-state index is 0.0937. The molecule has 1 aromatic rings. The highest BCUT2D eigenvalue weighted by molar-refractivity contribution is 7.89. The van der Waals surface area contributed by atoms with E-state index in [-0.39, 0.29) is 10.8 Å². The average Bonchev–Trinajstić information content (AvgIpc) is 2.61. The molecule has 2 atom stereocenters. The van der Waals surface area contributed by atoms with Crippen molar-refractivity contribution in [3.05, 3.63) is 24.3 Å². The van der Waals surface area contributed by atoms with Crippen LogP contribution in [0.2, 0.25) is 0 Å². The topological polar surface area (TPSA) is 69.7 Å². The predicted molar refractivity (Wildman–Crippen MR) is 107 cm³/mol. The highest BCUT2D eigenvalue weighted by atomic mass is 32.2. The molecule has 1 amide bonds. The number of rotatable bonds is 5. The Labute approximate surface area is 163 Å². The zero-order valence-corrected chi connectivity index (χ0v) is 17.2. The van der Waals surface area contributed by atoms with Crippen molar-refractivity contribution in [2.45, 2.75) is 44.4 Å². The van der Waals surface area contributed by atoms with Gasteiger partial charge in [0.2, 0.25) is 15.9 Å². The second-order valence-corrected chi connectivity index (χ2v) is 10.1. The fourth-order valence-corrected chi connectivity index (χ4v) is 5.88. The molecule has 0 unspecified atom stereocenters. The zero-order chi connectivity index (χ0) is 19.4. The smallest absolute Gasteiger partial charge is 0.243 e. The summed E-state index contributed by atoms with van der Waals surface area (Å²) in [5.74, 6) is 1.10. The maximum absolute atomic E-state index is 12.8. The van der Waals surface area contributed by atoms with E-state index in [1.807, 2.05) is 0 Å². The van der Waals surface area contributed by atoms with Crippen LogP contribution in [-0.4, -0.2) is 56.3 Å². The maximum Gasteiger partial charge on any atom is 0.243 e. The lowest BCUT2D eigenvalue weighted by Gasteiger charge is -2.34. The molecule has 1 N–H and O–H groups in total. The number of hydrogen-bond donors (Lipinski definition) is 1. The second kappa shape index (κ2) is 8.71. The van der Waals surface area contributed by atoms with Gasteiger partial charge >= 0.3 is 0 Å². The number of piperidine rings is 2. The molecule has 27 heavy (non-hydrogen) atoms. The van der Waals surface area contributed by atoms with Gasteiger partial charge in [0.15, 0.2) is 0 Å². The minimum Gasteiger partial charge on any atom is -0.325 e. The van der Waals surface area contributed by atoms with Gasteiger partial charge in [-0.3, -0.25) is 9.69 Å². The quantitative estimate of drug-likeness (QED) is 0.835. The van der Waals surface area contributed by atoms with E-state index in [1.54, 1.807) is 28.6 Å². The lowest BCUT2D eigenvalue weighted by atomic mass is 9.92. The van der Waals surface area contributed by atoms with Crippen LogP contribution in [0.1, 0.15) is 39.5 Å². The molecule has 0 radical (unpaired) electrons. The first-order valence-electron chi connectivity index (χ1n) is 9.97. The van der Waals surface area contributed by atoms with Gasteiger partial charge in [-0.1, -0.05) is 26.3 Å². The normalized spacial score (nSPS) is 25.3. The fourth-order valence-electron chi connectivity index (χ4n) is 4.31. The van der Waals surface area contributed by atoms with E-state index in [2.05, 4.69) is 24.1 Å². The van der Waals surface area contributed by atoms with E-state index in [9.17, 15) is 13.2 Å². The van der Waals surface area contributed by atoms with Crippen LogP contribution in [0.3, 0.4) is 0 Å². The molecule has 0 aromatic heterocycles. The van der Waals surface area contributed by atoms with Gasteiger partial charge in [0.1, 0.15) is 0 Å². The van der Waals surface area contributed by atoms with Crippen molar-refractivity contribution >= 4 is 21.6 Å². The lowest BCUT2D eigenvalue weighted by Crippen LogP contribution is -2.42. The Kier molecular flexibility index (Phi) is 6.55. The third-order valence-electron chi connectivity index (χ3n) is 5.38. The van der Waals surface area contributed by atoms with E-state index >= 15 is 0 Å². The lowest BCUT2D eigenvalue weighted by molar-refractivity contribution is -0.117. The van der Waals surface area contributed by atoms with Crippen molar-refractivity contribution in [3.8, 4) is 0 Å². The number of amides is 1. The third kappa shape index (κ3) is 5.30. The van der Waals surface area contributed by atoms with Crippen LogP contribution in [0.25, 0.3) is 0 Å². The molecule has 0 spiro atoms. The van der Waals surface area contributed by atoms with Crippen molar-refractivity contribution in [3.63, 3.8) is 0 Å². The van der Waals surface area contributed by atoms with Gasteiger partial charge in [-0.05, 0) is 49.3 Å². The molecule has 0 aliphatic carbocycles. The molecule has 2 aliphatic heterocycles. The average molecular weight is 394 g/mol. The summed E-state index contributed by atoms with van der Waals surface area (Å²) in [5.41, 5.74) is 0.538. The number of carbonyl (C=O) groups excluding carboxylic acids is 1. The molecule has 2 heterocycles. The summed E-state index contributed by atoms with van der Waals surface area (Å²) in [6, 6.07) is 6.61. The van der Waals surface area contributed by atoms with Crippen LogP contribution in [0, 0.1) is 11.8 Å². The van der Waals surface area contributed by atoms with Crippen molar-refractivity contribution in [2.24, 2.45) is 11.8 Å². The summed E-state index contributed by atoms with van der Waals surface area (Å²) in [4.78, 5) is 14.9. The number of benzene rings is 1. The Balaban J connectivity index is 1.64. The number of nitrogens with zero attached hydrogens (tertiary/aromatic N) is 2.